The number of sulfonamides is 1. The molecule has 1 aliphatic rings. The average molecular weight is 443 g/mol. The molecule has 2 aromatic heterocycles. The van der Waals surface area contributed by atoms with E-state index in [0.717, 1.165) is 31.5 Å². The highest BCUT2D eigenvalue weighted by Gasteiger charge is 2.21. The van der Waals surface area contributed by atoms with Crippen LogP contribution in [-0.2, 0) is 10.0 Å². The maximum absolute atomic E-state index is 13.0. The number of piperidine rings is 1. The molecular formula is C21H26N6O3S. The molecule has 0 radical (unpaired) electrons. The van der Waals surface area contributed by atoms with E-state index in [1.165, 1.54) is 12.6 Å². The van der Waals surface area contributed by atoms with Gasteiger partial charge in [0, 0.05) is 39.7 Å². The third-order valence-electron chi connectivity index (χ3n) is 5.14. The number of oxazole rings is 1. The van der Waals surface area contributed by atoms with Crippen molar-refractivity contribution >= 4 is 27.5 Å². The second-order valence-corrected chi connectivity index (χ2v) is 9.41. The molecule has 0 atom stereocenters. The smallest absolute Gasteiger partial charge is 0.262 e. The van der Waals surface area contributed by atoms with Gasteiger partial charge in [-0.15, -0.1) is 0 Å². The van der Waals surface area contributed by atoms with Crippen molar-refractivity contribution in [3.05, 3.63) is 42.6 Å². The molecule has 3 heterocycles. The van der Waals surface area contributed by atoms with Gasteiger partial charge in [0.2, 0.25) is 5.95 Å². The number of nitrogens with one attached hydrogen (secondary N) is 1. The number of anilines is 3. The van der Waals surface area contributed by atoms with Crippen molar-refractivity contribution in [1.29, 1.82) is 0 Å². The van der Waals surface area contributed by atoms with E-state index in [-0.39, 0.29) is 4.90 Å². The number of rotatable bonds is 6. The Bertz CT molecular complexity index is 1150. The molecule has 9 nitrogen and oxygen atoms in total. The molecule has 0 unspecified atom stereocenters. The quantitative estimate of drug-likeness (QED) is 0.620. The van der Waals surface area contributed by atoms with Crippen LogP contribution in [0.4, 0.5) is 17.5 Å². The molecule has 31 heavy (non-hydrogen) atoms. The van der Waals surface area contributed by atoms with Gasteiger partial charge in [0.1, 0.15) is 17.6 Å². The van der Waals surface area contributed by atoms with E-state index in [1.807, 2.05) is 14.1 Å². The van der Waals surface area contributed by atoms with Crippen molar-refractivity contribution in [1.82, 2.24) is 15.0 Å². The van der Waals surface area contributed by atoms with Crippen LogP contribution in [0.1, 0.15) is 25.2 Å². The van der Waals surface area contributed by atoms with E-state index in [0.29, 0.717) is 29.0 Å². The summed E-state index contributed by atoms with van der Waals surface area (Å²) >= 11 is 0. The predicted molar refractivity (Wildman–Crippen MR) is 120 cm³/mol. The number of hydrogen-bond donors (Lipinski definition) is 1. The van der Waals surface area contributed by atoms with E-state index >= 15 is 0 Å². The number of hydrogen-bond acceptors (Lipinski definition) is 8. The van der Waals surface area contributed by atoms with Gasteiger partial charge in [0.25, 0.3) is 10.0 Å². The second-order valence-electron chi connectivity index (χ2n) is 7.73. The summed E-state index contributed by atoms with van der Waals surface area (Å²) in [5, 5.41) is 0. The molecule has 3 aromatic rings. The van der Waals surface area contributed by atoms with Crippen LogP contribution in [0.2, 0.25) is 0 Å². The first kappa shape index (κ1) is 21.1. The molecule has 1 fully saturated rings. The van der Waals surface area contributed by atoms with Crippen molar-refractivity contribution in [2.24, 2.45) is 0 Å². The second kappa shape index (κ2) is 8.54. The largest absolute Gasteiger partial charge is 0.449 e. The molecule has 0 bridgehead atoms. The summed E-state index contributed by atoms with van der Waals surface area (Å²) in [6, 6.07) is 6.49. The van der Waals surface area contributed by atoms with Crippen LogP contribution in [0, 0.1) is 6.92 Å². The van der Waals surface area contributed by atoms with Crippen molar-refractivity contribution in [3.63, 3.8) is 0 Å². The van der Waals surface area contributed by atoms with Gasteiger partial charge in [0.05, 0.1) is 11.1 Å². The zero-order valence-electron chi connectivity index (χ0n) is 17.9. The number of nitrogens with zero attached hydrogens (tertiary/aromatic N) is 5. The summed E-state index contributed by atoms with van der Waals surface area (Å²) in [7, 11) is -0.159. The van der Waals surface area contributed by atoms with Gasteiger partial charge < -0.3 is 14.2 Å². The zero-order chi connectivity index (χ0) is 22.0. The maximum Gasteiger partial charge on any atom is 0.262 e. The lowest BCUT2D eigenvalue weighted by Gasteiger charge is -2.28. The van der Waals surface area contributed by atoms with Gasteiger partial charge in [-0.3, -0.25) is 4.72 Å². The Morgan fingerprint density at radius 1 is 1.06 bits per heavy atom. The first-order valence-corrected chi connectivity index (χ1v) is 11.7. The van der Waals surface area contributed by atoms with Crippen LogP contribution in [-0.4, -0.2) is 50.6 Å². The molecule has 0 amide bonds. The number of aryl methyl sites for hydroxylation is 1. The summed E-state index contributed by atoms with van der Waals surface area (Å²) in [6.07, 6.45) is 6.51. The molecule has 1 N–H and O–H groups in total. The maximum atomic E-state index is 13.0. The lowest BCUT2D eigenvalue weighted by Crippen LogP contribution is -2.31. The van der Waals surface area contributed by atoms with Crippen LogP contribution >= 0.6 is 0 Å². The van der Waals surface area contributed by atoms with Crippen molar-refractivity contribution in [3.8, 4) is 11.3 Å². The van der Waals surface area contributed by atoms with E-state index in [4.69, 9.17) is 4.42 Å². The van der Waals surface area contributed by atoms with E-state index < -0.39 is 10.0 Å². The van der Waals surface area contributed by atoms with E-state index in [1.54, 1.807) is 42.4 Å². The normalized spacial score (nSPS) is 14.5. The molecule has 0 spiro atoms. The van der Waals surface area contributed by atoms with Crippen LogP contribution in [0.5, 0.6) is 0 Å². The average Bonchev–Trinajstić information content (AvgIpc) is 3.20. The van der Waals surface area contributed by atoms with Crippen LogP contribution in [0.15, 0.2) is 46.0 Å². The van der Waals surface area contributed by atoms with Crippen LogP contribution in [0.3, 0.4) is 0 Å². The van der Waals surface area contributed by atoms with Crippen molar-refractivity contribution in [2.75, 3.05) is 41.7 Å². The number of benzene rings is 1. The highest BCUT2D eigenvalue weighted by atomic mass is 32.2. The summed E-state index contributed by atoms with van der Waals surface area (Å²) < 4.78 is 33.8. The minimum absolute atomic E-state index is 0.140. The highest BCUT2D eigenvalue weighted by Crippen LogP contribution is 2.28. The minimum atomic E-state index is -3.81. The standard InChI is InChI=1S/C21H26N6O3S/c1-15-23-19(14-30-15)16-7-9-17(10-8-16)31(28,29)25-18-13-22-21(24-20(18)26(2)3)27-11-5-4-6-12-27/h7-10,13-14,25H,4-6,11-12H2,1-3H3. The molecule has 0 saturated carbocycles. The lowest BCUT2D eigenvalue weighted by atomic mass is 10.1. The SMILES string of the molecule is Cc1nc(-c2ccc(S(=O)(=O)Nc3cnc(N4CCCCC4)nc3N(C)C)cc2)co1. The Morgan fingerprint density at radius 3 is 2.39 bits per heavy atom. The topological polar surface area (TPSA) is 104 Å². The molecule has 1 aliphatic heterocycles. The Kier molecular flexibility index (Phi) is 5.81. The minimum Gasteiger partial charge on any atom is -0.449 e. The molecule has 10 heteroatoms. The fourth-order valence-electron chi connectivity index (χ4n) is 3.53. The Balaban J connectivity index is 1.58. The van der Waals surface area contributed by atoms with Gasteiger partial charge in [0.15, 0.2) is 11.7 Å². The highest BCUT2D eigenvalue weighted by molar-refractivity contribution is 7.92. The van der Waals surface area contributed by atoms with Crippen LogP contribution in [0.25, 0.3) is 11.3 Å². The van der Waals surface area contributed by atoms with Gasteiger partial charge in [-0.05, 0) is 31.4 Å². The lowest BCUT2D eigenvalue weighted by molar-refractivity contribution is 0.521. The monoisotopic (exact) mass is 442 g/mol. The van der Waals surface area contributed by atoms with Gasteiger partial charge in [-0.2, -0.15) is 4.98 Å². The summed E-state index contributed by atoms with van der Waals surface area (Å²) in [6.45, 7) is 3.58. The number of aromatic nitrogens is 3. The summed E-state index contributed by atoms with van der Waals surface area (Å²) in [4.78, 5) is 17.4. The third kappa shape index (κ3) is 4.63. The molecule has 1 aromatic carbocycles. The fraction of sp³-hybridized carbons (Fsp3) is 0.381. The predicted octanol–water partition coefficient (Wildman–Crippen LogP) is 3.30. The van der Waals surface area contributed by atoms with E-state index in [9.17, 15) is 8.42 Å². The summed E-state index contributed by atoms with van der Waals surface area (Å²) in [5.74, 6) is 1.70. The molecule has 0 aliphatic carbocycles. The first-order valence-electron chi connectivity index (χ1n) is 10.2. The van der Waals surface area contributed by atoms with Gasteiger partial charge in [-0.1, -0.05) is 12.1 Å². The summed E-state index contributed by atoms with van der Waals surface area (Å²) in [5.41, 5.74) is 1.77. The van der Waals surface area contributed by atoms with Gasteiger partial charge in [-0.25, -0.2) is 18.4 Å². The zero-order valence-corrected chi connectivity index (χ0v) is 18.7. The molecular weight excluding hydrogens is 416 g/mol. The Morgan fingerprint density at radius 2 is 1.77 bits per heavy atom. The third-order valence-corrected chi connectivity index (χ3v) is 6.52. The van der Waals surface area contributed by atoms with Crippen LogP contribution < -0.4 is 14.5 Å². The first-order chi connectivity index (χ1) is 14.8. The van der Waals surface area contributed by atoms with E-state index in [2.05, 4.69) is 24.6 Å². The van der Waals surface area contributed by atoms with Crippen molar-refractivity contribution in [2.45, 2.75) is 31.1 Å². The Hall–Kier alpha value is -3.14. The fourth-order valence-corrected chi connectivity index (χ4v) is 4.57. The molecule has 164 valence electrons. The molecule has 4 rings (SSSR count). The van der Waals surface area contributed by atoms with Gasteiger partial charge >= 0.3 is 0 Å². The van der Waals surface area contributed by atoms with Crippen molar-refractivity contribution < 1.29 is 12.8 Å². The Labute approximate surface area is 182 Å². The molecule has 1 saturated heterocycles.